The predicted molar refractivity (Wildman–Crippen MR) is 101 cm³/mol. The number of nitrogens with zero attached hydrogens (tertiary/aromatic N) is 2. The van der Waals surface area contributed by atoms with Crippen LogP contribution in [0.4, 0.5) is 18.9 Å². The average Bonchev–Trinajstić information content (AvgIpc) is 2.65. The lowest BCUT2D eigenvalue weighted by Gasteiger charge is -2.18. The Bertz CT molecular complexity index is 1120. The molecular weight excluding hydrogens is 423 g/mol. The summed E-state index contributed by atoms with van der Waals surface area (Å²) < 4.78 is 42.1. The van der Waals surface area contributed by atoms with E-state index in [-0.39, 0.29) is 11.1 Å². The summed E-state index contributed by atoms with van der Waals surface area (Å²) in [6.07, 6.45) is 4.05. The smallest absolute Gasteiger partial charge is 0.266 e. The molecule has 0 unspecified atom stereocenters. The summed E-state index contributed by atoms with van der Waals surface area (Å²) in [5.74, 6) is 1.34. The normalized spacial score (nSPS) is 12.2. The highest BCUT2D eigenvalue weighted by Crippen LogP contribution is 2.31. The quantitative estimate of drug-likeness (QED) is 0.611. The molecule has 0 aliphatic heterocycles. The zero-order chi connectivity index (χ0) is 19.7. The summed E-state index contributed by atoms with van der Waals surface area (Å²) in [5.41, 5.74) is -0.161. The highest BCUT2D eigenvalue weighted by Gasteiger charge is 2.21. The second-order valence-electron chi connectivity index (χ2n) is 5.75. The van der Waals surface area contributed by atoms with Gasteiger partial charge in [0.1, 0.15) is 17.5 Å². The fourth-order valence-electron chi connectivity index (χ4n) is 2.77. The van der Waals surface area contributed by atoms with Crippen LogP contribution in [0.25, 0.3) is 11.0 Å². The second-order valence-corrected chi connectivity index (χ2v) is 6.60. The lowest BCUT2D eigenvalue weighted by Crippen LogP contribution is -2.19. The number of aryl methyl sites for hydroxylation is 1. The summed E-state index contributed by atoms with van der Waals surface area (Å²) in [5, 5.41) is 3.54. The minimum atomic E-state index is -2.95. The van der Waals surface area contributed by atoms with Gasteiger partial charge in [0.05, 0.1) is 10.0 Å². The van der Waals surface area contributed by atoms with Crippen molar-refractivity contribution in [3.8, 4) is 12.3 Å². The van der Waals surface area contributed by atoms with Gasteiger partial charge in [-0.1, -0.05) is 24.1 Å². The number of pyridine rings is 2. The molecule has 3 aromatic rings. The van der Waals surface area contributed by atoms with Gasteiger partial charge >= 0.3 is 0 Å². The van der Waals surface area contributed by atoms with E-state index in [0.717, 1.165) is 6.07 Å². The van der Waals surface area contributed by atoms with Crippen LogP contribution >= 0.6 is 15.9 Å². The molecule has 2 heterocycles. The second kappa shape index (κ2) is 7.45. The zero-order valence-electron chi connectivity index (χ0n) is 14.0. The van der Waals surface area contributed by atoms with Crippen molar-refractivity contribution >= 4 is 32.7 Å². The van der Waals surface area contributed by atoms with Crippen LogP contribution in [0.5, 0.6) is 0 Å². The standard InChI is InChI=1S/C19H13BrF3N3O/c1-3-14(10-5-4-6-11(16(10)21)17(22)23)25-15-7-8-24-18-12(15)9-13(20)19(27)26(18)2/h1,4-9,14,17H,2H3,(H,24,25)/t14-/m1/s1. The van der Waals surface area contributed by atoms with E-state index in [1.165, 1.54) is 22.9 Å². The molecule has 8 heteroatoms. The molecule has 0 amide bonds. The number of anilines is 1. The van der Waals surface area contributed by atoms with E-state index in [1.807, 2.05) is 0 Å². The maximum Gasteiger partial charge on any atom is 0.266 e. The van der Waals surface area contributed by atoms with Gasteiger partial charge in [0.15, 0.2) is 0 Å². The number of benzene rings is 1. The predicted octanol–water partition coefficient (Wildman–Crippen LogP) is 4.56. The van der Waals surface area contributed by atoms with Crippen LogP contribution in [0.2, 0.25) is 0 Å². The van der Waals surface area contributed by atoms with Gasteiger partial charge in [-0.2, -0.15) is 0 Å². The van der Waals surface area contributed by atoms with Crippen LogP contribution in [0, 0.1) is 18.2 Å². The number of terminal acetylenes is 1. The van der Waals surface area contributed by atoms with Gasteiger partial charge in [-0.15, -0.1) is 6.42 Å². The van der Waals surface area contributed by atoms with Crippen LogP contribution in [0.3, 0.4) is 0 Å². The molecular formula is C19H13BrF3N3O. The van der Waals surface area contributed by atoms with Gasteiger partial charge in [0.2, 0.25) is 0 Å². The van der Waals surface area contributed by atoms with Gasteiger partial charge in [-0.05, 0) is 28.1 Å². The first kappa shape index (κ1) is 19.0. The number of hydrogen-bond donors (Lipinski definition) is 1. The van der Waals surface area contributed by atoms with Gasteiger partial charge in [-0.25, -0.2) is 18.2 Å². The molecule has 0 fully saturated rings. The lowest BCUT2D eigenvalue weighted by atomic mass is 10.0. The number of fused-ring (bicyclic) bond motifs is 1. The van der Waals surface area contributed by atoms with E-state index >= 15 is 0 Å². The Morgan fingerprint density at radius 1 is 1.30 bits per heavy atom. The van der Waals surface area contributed by atoms with Gasteiger partial charge in [0.25, 0.3) is 12.0 Å². The van der Waals surface area contributed by atoms with Crippen LogP contribution in [0.1, 0.15) is 23.6 Å². The molecule has 1 N–H and O–H groups in total. The Hall–Kier alpha value is -2.79. The van der Waals surface area contributed by atoms with E-state index in [9.17, 15) is 18.0 Å². The van der Waals surface area contributed by atoms with Crippen molar-refractivity contribution in [2.45, 2.75) is 12.5 Å². The van der Waals surface area contributed by atoms with Crippen molar-refractivity contribution in [3.05, 3.63) is 68.3 Å². The van der Waals surface area contributed by atoms with Gasteiger partial charge in [0, 0.05) is 29.9 Å². The van der Waals surface area contributed by atoms with Gasteiger partial charge < -0.3 is 5.32 Å². The van der Waals surface area contributed by atoms with Crippen LogP contribution < -0.4 is 10.9 Å². The Morgan fingerprint density at radius 2 is 2.00 bits per heavy atom. The van der Waals surface area contributed by atoms with E-state index in [1.54, 1.807) is 19.2 Å². The minimum absolute atomic E-state index is 0.0656. The average molecular weight is 436 g/mol. The summed E-state index contributed by atoms with van der Waals surface area (Å²) in [4.78, 5) is 16.2. The highest BCUT2D eigenvalue weighted by atomic mass is 79.9. The van der Waals surface area contributed by atoms with Gasteiger partial charge in [-0.3, -0.25) is 9.36 Å². The number of alkyl halides is 2. The van der Waals surface area contributed by atoms with E-state index in [4.69, 9.17) is 6.42 Å². The molecule has 3 rings (SSSR count). The number of rotatable bonds is 4. The Morgan fingerprint density at radius 3 is 2.67 bits per heavy atom. The van der Waals surface area contributed by atoms with Crippen molar-refractivity contribution in [3.63, 3.8) is 0 Å². The third-order valence-corrected chi connectivity index (χ3v) is 4.71. The minimum Gasteiger partial charge on any atom is -0.367 e. The summed E-state index contributed by atoms with van der Waals surface area (Å²) in [6.45, 7) is 0. The number of hydrogen-bond acceptors (Lipinski definition) is 3. The first-order valence-corrected chi connectivity index (χ1v) is 8.57. The molecule has 0 spiro atoms. The van der Waals surface area contributed by atoms with Crippen molar-refractivity contribution in [2.24, 2.45) is 7.05 Å². The maximum absolute atomic E-state index is 14.5. The van der Waals surface area contributed by atoms with Crippen molar-refractivity contribution < 1.29 is 13.2 Å². The molecule has 0 aliphatic rings. The molecule has 138 valence electrons. The first-order chi connectivity index (χ1) is 12.8. The first-order valence-electron chi connectivity index (χ1n) is 7.78. The molecule has 4 nitrogen and oxygen atoms in total. The largest absolute Gasteiger partial charge is 0.367 e. The monoisotopic (exact) mass is 435 g/mol. The SMILES string of the molecule is C#C[C@@H](Nc1ccnc2c1cc(Br)c(=O)n2C)c1cccc(C(F)F)c1F. The molecule has 0 bridgehead atoms. The van der Waals surface area contributed by atoms with Crippen molar-refractivity contribution in [1.82, 2.24) is 9.55 Å². The highest BCUT2D eigenvalue weighted by molar-refractivity contribution is 9.10. The van der Waals surface area contributed by atoms with Crippen LogP contribution in [0.15, 0.2) is 45.8 Å². The molecule has 0 aliphatic carbocycles. The molecule has 27 heavy (non-hydrogen) atoms. The van der Waals surface area contributed by atoms with Crippen LogP contribution in [-0.4, -0.2) is 9.55 Å². The molecule has 0 radical (unpaired) electrons. The fraction of sp³-hybridized carbons (Fsp3) is 0.158. The summed E-state index contributed by atoms with van der Waals surface area (Å²) in [6, 6.07) is 5.90. The zero-order valence-corrected chi connectivity index (χ0v) is 15.6. The third kappa shape index (κ3) is 3.43. The number of halogens is 4. The van der Waals surface area contributed by atoms with E-state index in [0.29, 0.717) is 21.2 Å². The van der Waals surface area contributed by atoms with Crippen molar-refractivity contribution in [2.75, 3.05) is 5.32 Å². The topological polar surface area (TPSA) is 46.9 Å². The van der Waals surface area contributed by atoms with E-state index in [2.05, 4.69) is 32.2 Å². The van der Waals surface area contributed by atoms with Crippen molar-refractivity contribution in [1.29, 1.82) is 0 Å². The van der Waals surface area contributed by atoms with E-state index < -0.39 is 23.8 Å². The molecule has 0 saturated carbocycles. The molecule has 2 aromatic heterocycles. The third-order valence-electron chi connectivity index (χ3n) is 4.14. The Balaban J connectivity index is 2.11. The Kier molecular flexibility index (Phi) is 5.24. The summed E-state index contributed by atoms with van der Waals surface area (Å²) >= 11 is 3.19. The number of aromatic nitrogens is 2. The maximum atomic E-state index is 14.5. The Labute approximate surface area is 161 Å². The van der Waals surface area contributed by atoms with Crippen LogP contribution in [-0.2, 0) is 7.05 Å². The molecule has 1 aromatic carbocycles. The molecule has 1 atom stereocenters. The number of nitrogens with one attached hydrogen (secondary N) is 1. The molecule has 0 saturated heterocycles. The fourth-order valence-corrected chi connectivity index (χ4v) is 3.26. The lowest BCUT2D eigenvalue weighted by molar-refractivity contribution is 0.146. The summed E-state index contributed by atoms with van der Waals surface area (Å²) in [7, 11) is 1.57.